The van der Waals surface area contributed by atoms with E-state index >= 15 is 0 Å². The van der Waals surface area contributed by atoms with Gasteiger partial charge in [-0.1, -0.05) is 44.5 Å². The van der Waals surface area contributed by atoms with E-state index in [1.165, 1.54) is 25.2 Å². The molecule has 0 saturated carbocycles. The molecule has 0 aliphatic carbocycles. The third kappa shape index (κ3) is 4.87. The van der Waals surface area contributed by atoms with E-state index in [0.717, 1.165) is 43.6 Å². The first-order valence-corrected chi connectivity index (χ1v) is 10.9. The maximum Gasteiger partial charge on any atom is 0.338 e. The summed E-state index contributed by atoms with van der Waals surface area (Å²) in [4.78, 5) is 22.7. The molecule has 1 aliphatic rings. The Morgan fingerprint density at radius 3 is 2.43 bits per heavy atom. The Morgan fingerprint density at radius 2 is 1.87 bits per heavy atom. The van der Waals surface area contributed by atoms with E-state index in [1.54, 1.807) is 6.92 Å². The molecule has 6 nitrogen and oxygen atoms in total. The minimum absolute atomic E-state index is 0.0949. The molecule has 2 aromatic rings. The van der Waals surface area contributed by atoms with E-state index in [-0.39, 0.29) is 11.0 Å². The maximum atomic E-state index is 11.2. The van der Waals surface area contributed by atoms with Crippen LogP contribution < -0.4 is 0 Å². The van der Waals surface area contributed by atoms with E-state index in [2.05, 4.69) is 40.8 Å². The lowest BCUT2D eigenvalue weighted by Gasteiger charge is -2.42. The molecule has 6 heteroatoms. The Bertz CT molecular complexity index is 843. The molecule has 1 aromatic heterocycles. The summed E-state index contributed by atoms with van der Waals surface area (Å²) in [6.07, 6.45) is 6.42. The number of hydrogen-bond donors (Lipinski definition) is 2. The molecule has 1 aliphatic heterocycles. The Morgan fingerprint density at radius 1 is 1.20 bits per heavy atom. The standard InChI is InChI=1S/C24H33N3O3/c1-4-6-17(2)16-27-11-9-24(10-12-27,21-8-5-7-19(13-21)18(3)28)23-25-14-20(15-26-23)22(29)30/h5,7-8,13-15,17-18,28H,4,6,9-12,16H2,1-3H3,(H,29,30). The monoisotopic (exact) mass is 411 g/mol. The SMILES string of the molecule is CCCC(C)CN1CCC(c2cccc(C(C)O)c2)(c2ncc(C(=O)O)cn2)CC1. The summed E-state index contributed by atoms with van der Waals surface area (Å²) in [7, 11) is 0. The van der Waals surface area contributed by atoms with Crippen LogP contribution in [0.1, 0.15) is 79.9 Å². The zero-order valence-corrected chi connectivity index (χ0v) is 18.2. The summed E-state index contributed by atoms with van der Waals surface area (Å²) in [5.74, 6) is 0.315. The minimum Gasteiger partial charge on any atom is -0.478 e. The quantitative estimate of drug-likeness (QED) is 0.682. The van der Waals surface area contributed by atoms with Gasteiger partial charge in [0.15, 0.2) is 0 Å². The summed E-state index contributed by atoms with van der Waals surface area (Å²) < 4.78 is 0. The second kappa shape index (κ2) is 9.67. The topological polar surface area (TPSA) is 86.5 Å². The molecule has 1 fully saturated rings. The molecule has 3 rings (SSSR count). The highest BCUT2D eigenvalue weighted by atomic mass is 16.4. The van der Waals surface area contributed by atoms with Gasteiger partial charge in [0, 0.05) is 18.9 Å². The molecule has 0 radical (unpaired) electrons. The van der Waals surface area contributed by atoms with E-state index in [1.807, 2.05) is 12.1 Å². The van der Waals surface area contributed by atoms with Gasteiger partial charge in [-0.25, -0.2) is 14.8 Å². The van der Waals surface area contributed by atoms with Gasteiger partial charge in [-0.05, 0) is 56.3 Å². The molecule has 2 unspecified atom stereocenters. The zero-order chi connectivity index (χ0) is 21.7. The fraction of sp³-hybridized carbons (Fsp3) is 0.542. The number of rotatable bonds is 8. The van der Waals surface area contributed by atoms with Gasteiger partial charge >= 0.3 is 5.97 Å². The van der Waals surface area contributed by atoms with Crippen molar-refractivity contribution in [1.82, 2.24) is 14.9 Å². The molecule has 1 saturated heterocycles. The number of aromatic nitrogens is 2. The summed E-state index contributed by atoms with van der Waals surface area (Å²) in [5, 5.41) is 19.3. The first-order valence-electron chi connectivity index (χ1n) is 10.9. The van der Waals surface area contributed by atoms with Crippen molar-refractivity contribution in [3.8, 4) is 0 Å². The van der Waals surface area contributed by atoms with Crippen LogP contribution in [0.2, 0.25) is 0 Å². The number of aliphatic hydroxyl groups is 1. The molecule has 30 heavy (non-hydrogen) atoms. The van der Waals surface area contributed by atoms with Gasteiger partial charge in [0.25, 0.3) is 0 Å². The van der Waals surface area contributed by atoms with Crippen LogP contribution in [0.3, 0.4) is 0 Å². The molecule has 0 amide bonds. The first kappa shape index (κ1) is 22.4. The maximum absolute atomic E-state index is 11.2. The van der Waals surface area contributed by atoms with Crippen molar-refractivity contribution in [2.24, 2.45) is 5.92 Å². The molecule has 2 atom stereocenters. The summed E-state index contributed by atoms with van der Waals surface area (Å²) in [6.45, 7) is 9.28. The van der Waals surface area contributed by atoms with E-state index in [9.17, 15) is 15.0 Å². The molecule has 0 spiro atoms. The number of aromatic carboxylic acids is 1. The minimum atomic E-state index is -1.02. The normalized spacial score (nSPS) is 18.7. The van der Waals surface area contributed by atoms with Crippen molar-refractivity contribution < 1.29 is 15.0 Å². The van der Waals surface area contributed by atoms with Gasteiger partial charge in [-0.15, -0.1) is 0 Å². The molecule has 0 bridgehead atoms. The van der Waals surface area contributed by atoms with Crippen molar-refractivity contribution >= 4 is 5.97 Å². The number of carboxylic acids is 1. The van der Waals surface area contributed by atoms with Gasteiger partial charge in [-0.2, -0.15) is 0 Å². The Hall–Kier alpha value is -2.31. The molecule has 1 aromatic carbocycles. The lowest BCUT2D eigenvalue weighted by atomic mass is 9.71. The number of nitrogens with zero attached hydrogens (tertiary/aromatic N) is 3. The highest BCUT2D eigenvalue weighted by molar-refractivity contribution is 5.86. The third-order valence-corrected chi connectivity index (χ3v) is 6.31. The summed E-state index contributed by atoms with van der Waals surface area (Å²) in [5.41, 5.74) is 1.67. The van der Waals surface area contributed by atoms with E-state index < -0.39 is 12.1 Å². The van der Waals surface area contributed by atoms with Crippen molar-refractivity contribution in [3.63, 3.8) is 0 Å². The van der Waals surface area contributed by atoms with Crippen LogP contribution >= 0.6 is 0 Å². The predicted molar refractivity (Wildman–Crippen MR) is 117 cm³/mol. The molecule has 2 heterocycles. The van der Waals surface area contributed by atoms with Crippen LogP contribution in [-0.2, 0) is 5.41 Å². The van der Waals surface area contributed by atoms with Crippen LogP contribution in [0.25, 0.3) is 0 Å². The van der Waals surface area contributed by atoms with Gasteiger partial charge in [0.1, 0.15) is 5.82 Å². The van der Waals surface area contributed by atoms with E-state index in [0.29, 0.717) is 11.7 Å². The van der Waals surface area contributed by atoms with Gasteiger partial charge in [0.05, 0.1) is 17.1 Å². The van der Waals surface area contributed by atoms with Gasteiger partial charge in [0.2, 0.25) is 0 Å². The molecule has 162 valence electrons. The fourth-order valence-corrected chi connectivity index (χ4v) is 4.57. The van der Waals surface area contributed by atoms with Crippen molar-refractivity contribution in [1.29, 1.82) is 0 Å². The number of carbonyl (C=O) groups is 1. The molecular formula is C24H33N3O3. The third-order valence-electron chi connectivity index (χ3n) is 6.31. The predicted octanol–water partition coefficient (Wildman–Crippen LogP) is 4.05. The van der Waals surface area contributed by atoms with Gasteiger partial charge in [-0.3, -0.25) is 0 Å². The van der Waals surface area contributed by atoms with Crippen LogP contribution in [0.15, 0.2) is 36.7 Å². The lowest BCUT2D eigenvalue weighted by Crippen LogP contribution is -2.45. The second-order valence-electron chi connectivity index (χ2n) is 8.68. The largest absolute Gasteiger partial charge is 0.478 e. The number of piperidine rings is 1. The average molecular weight is 412 g/mol. The van der Waals surface area contributed by atoms with E-state index in [4.69, 9.17) is 0 Å². The van der Waals surface area contributed by atoms with Crippen LogP contribution in [0, 0.1) is 5.92 Å². The highest BCUT2D eigenvalue weighted by Crippen LogP contribution is 2.41. The van der Waals surface area contributed by atoms with Crippen LogP contribution in [0.5, 0.6) is 0 Å². The summed E-state index contributed by atoms with van der Waals surface area (Å²) in [6, 6.07) is 8.03. The van der Waals surface area contributed by atoms with Crippen molar-refractivity contribution in [2.45, 2.75) is 58.0 Å². The molecule has 2 N–H and O–H groups in total. The number of hydrogen-bond acceptors (Lipinski definition) is 5. The zero-order valence-electron chi connectivity index (χ0n) is 18.2. The first-order chi connectivity index (χ1) is 14.4. The summed E-state index contributed by atoms with van der Waals surface area (Å²) >= 11 is 0. The fourth-order valence-electron chi connectivity index (χ4n) is 4.57. The molecular weight excluding hydrogens is 378 g/mol. The number of aliphatic hydroxyl groups excluding tert-OH is 1. The van der Waals surface area contributed by atoms with Crippen molar-refractivity contribution in [2.75, 3.05) is 19.6 Å². The van der Waals surface area contributed by atoms with Crippen LogP contribution in [0.4, 0.5) is 0 Å². The van der Waals surface area contributed by atoms with Crippen molar-refractivity contribution in [3.05, 3.63) is 59.2 Å². The Kier molecular flexibility index (Phi) is 7.21. The lowest BCUT2D eigenvalue weighted by molar-refractivity contribution is 0.0695. The smallest absolute Gasteiger partial charge is 0.338 e. The van der Waals surface area contributed by atoms with Crippen LogP contribution in [-0.4, -0.2) is 50.7 Å². The Balaban J connectivity index is 1.93. The Labute approximate surface area is 179 Å². The second-order valence-corrected chi connectivity index (χ2v) is 8.68. The number of benzene rings is 1. The van der Waals surface area contributed by atoms with Gasteiger partial charge < -0.3 is 15.1 Å². The highest BCUT2D eigenvalue weighted by Gasteiger charge is 2.40. The number of likely N-dealkylation sites (tertiary alicyclic amines) is 1. The average Bonchev–Trinajstić information content (AvgIpc) is 2.75. The number of carboxylic acid groups (broad SMARTS) is 1.